The van der Waals surface area contributed by atoms with Gasteiger partial charge in [-0.2, -0.15) is 0 Å². The van der Waals surface area contributed by atoms with Crippen molar-refractivity contribution in [1.82, 2.24) is 9.55 Å². The Morgan fingerprint density at radius 1 is 1.48 bits per heavy atom. The second kappa shape index (κ2) is 5.90. The van der Waals surface area contributed by atoms with Crippen LogP contribution in [0.1, 0.15) is 41.7 Å². The fourth-order valence-electron chi connectivity index (χ4n) is 3.12. The first-order chi connectivity index (χ1) is 11.9. The van der Waals surface area contributed by atoms with Gasteiger partial charge in [-0.1, -0.05) is 27.7 Å². The summed E-state index contributed by atoms with van der Waals surface area (Å²) in [5.74, 6) is 0. The van der Waals surface area contributed by atoms with Crippen LogP contribution in [0.4, 0.5) is 0 Å². The maximum absolute atomic E-state index is 12.2. The molecule has 0 saturated carbocycles. The Labute approximate surface area is 149 Å². The van der Waals surface area contributed by atoms with Gasteiger partial charge >= 0.3 is 5.69 Å². The molecule has 1 aromatic heterocycles. The quantitative estimate of drug-likeness (QED) is 0.821. The predicted octanol–water partition coefficient (Wildman–Crippen LogP) is 2.00. The van der Waals surface area contributed by atoms with Gasteiger partial charge in [-0.05, 0) is 24.5 Å². The van der Waals surface area contributed by atoms with Gasteiger partial charge in [0.25, 0.3) is 5.56 Å². The van der Waals surface area contributed by atoms with Crippen molar-refractivity contribution in [3.05, 3.63) is 33.1 Å². The summed E-state index contributed by atoms with van der Waals surface area (Å²) in [6.07, 6.45) is -0.844. The van der Waals surface area contributed by atoms with Crippen molar-refractivity contribution in [2.45, 2.75) is 76.3 Å². The van der Waals surface area contributed by atoms with E-state index in [1.54, 1.807) is 6.92 Å². The number of aromatic nitrogens is 2. The molecule has 2 bridgehead atoms. The number of nitrogens with zero attached hydrogens (tertiary/aromatic N) is 1. The summed E-state index contributed by atoms with van der Waals surface area (Å²) < 4.78 is 28.5. The van der Waals surface area contributed by atoms with Gasteiger partial charge in [0.2, 0.25) is 0 Å². The Kier molecular flexibility index (Phi) is 4.06. The SMILES string of the molecule is [2H][C@@H](C)[C@]12CO[C@H]([C@H](n3ccc(=O)[nH]c3=O)O1)[C@H]2O[Si](C)(C)C(C)(C)C. The molecule has 0 radical (unpaired) electrons. The molecule has 2 fully saturated rings. The van der Waals surface area contributed by atoms with E-state index >= 15 is 0 Å². The van der Waals surface area contributed by atoms with Crippen LogP contribution in [0.3, 0.4) is 0 Å². The summed E-state index contributed by atoms with van der Waals surface area (Å²) in [6.45, 7) is 12.8. The summed E-state index contributed by atoms with van der Waals surface area (Å²) in [7, 11) is -2.15. The first-order valence-corrected chi connectivity index (χ1v) is 11.5. The van der Waals surface area contributed by atoms with Crippen molar-refractivity contribution < 1.29 is 15.3 Å². The number of hydrogen-bond donors (Lipinski definition) is 1. The van der Waals surface area contributed by atoms with Gasteiger partial charge in [0, 0.05) is 13.6 Å². The second-order valence-electron chi connectivity index (χ2n) is 8.34. The monoisotopic (exact) mass is 369 g/mol. The van der Waals surface area contributed by atoms with Crippen LogP contribution in [0.25, 0.3) is 0 Å². The number of aromatic amines is 1. The highest BCUT2D eigenvalue weighted by Crippen LogP contribution is 2.50. The molecule has 2 saturated heterocycles. The Hall–Kier alpha value is -1.22. The van der Waals surface area contributed by atoms with E-state index in [0.29, 0.717) is 0 Å². The highest BCUT2D eigenvalue weighted by atomic mass is 28.4. The molecular weight excluding hydrogens is 340 g/mol. The Morgan fingerprint density at radius 3 is 2.72 bits per heavy atom. The van der Waals surface area contributed by atoms with Crippen LogP contribution >= 0.6 is 0 Å². The minimum atomic E-state index is -2.15. The average Bonchev–Trinajstić information content (AvgIpc) is 2.99. The zero-order valence-corrected chi connectivity index (χ0v) is 16.7. The molecule has 2 aliphatic rings. The van der Waals surface area contributed by atoms with Gasteiger partial charge in [-0.15, -0.1) is 0 Å². The van der Waals surface area contributed by atoms with E-state index in [0.717, 1.165) is 0 Å². The molecule has 25 heavy (non-hydrogen) atoms. The van der Waals surface area contributed by atoms with Crippen LogP contribution < -0.4 is 11.2 Å². The molecule has 0 aromatic carbocycles. The molecule has 3 heterocycles. The third-order valence-corrected chi connectivity index (χ3v) is 10.2. The highest BCUT2D eigenvalue weighted by Gasteiger charge is 2.63. The van der Waals surface area contributed by atoms with E-state index in [9.17, 15) is 9.59 Å². The van der Waals surface area contributed by atoms with E-state index in [1.807, 2.05) is 0 Å². The van der Waals surface area contributed by atoms with E-state index in [2.05, 4.69) is 38.8 Å². The summed E-state index contributed by atoms with van der Waals surface area (Å²) in [6, 6.07) is 1.28. The van der Waals surface area contributed by atoms with Crippen LogP contribution in [-0.4, -0.2) is 42.3 Å². The summed E-state index contributed by atoms with van der Waals surface area (Å²) in [4.78, 5) is 25.8. The second-order valence-corrected chi connectivity index (χ2v) is 13.1. The lowest BCUT2D eigenvalue weighted by atomic mass is 9.96. The number of fused-ring (bicyclic) bond motifs is 2. The molecular formula is C17H28N2O5Si. The lowest BCUT2D eigenvalue weighted by Crippen LogP contribution is -2.51. The summed E-state index contributed by atoms with van der Waals surface area (Å²) in [5.41, 5.74) is -1.95. The fourth-order valence-corrected chi connectivity index (χ4v) is 4.44. The molecule has 8 heteroatoms. The number of nitrogens with one attached hydrogen (secondary N) is 1. The molecule has 5 atom stereocenters. The van der Waals surface area contributed by atoms with Crippen molar-refractivity contribution in [1.29, 1.82) is 0 Å². The van der Waals surface area contributed by atoms with Gasteiger partial charge in [0.05, 0.1) is 6.61 Å². The van der Waals surface area contributed by atoms with Crippen molar-refractivity contribution in [3.63, 3.8) is 0 Å². The van der Waals surface area contributed by atoms with Crippen LogP contribution in [0.15, 0.2) is 21.9 Å². The molecule has 1 N–H and O–H groups in total. The van der Waals surface area contributed by atoms with Gasteiger partial charge in [-0.3, -0.25) is 14.3 Å². The minimum absolute atomic E-state index is 0.00813. The normalized spacial score (nSPS) is 34.2. The Bertz CT molecular complexity index is 799. The van der Waals surface area contributed by atoms with Crippen LogP contribution in [0.5, 0.6) is 0 Å². The molecule has 140 valence electrons. The molecule has 0 aliphatic carbocycles. The number of H-pyrrole nitrogens is 1. The zero-order valence-electron chi connectivity index (χ0n) is 16.7. The highest BCUT2D eigenvalue weighted by molar-refractivity contribution is 6.74. The van der Waals surface area contributed by atoms with E-state index in [-0.39, 0.29) is 11.6 Å². The van der Waals surface area contributed by atoms with Gasteiger partial charge in [-0.25, -0.2) is 4.79 Å². The van der Waals surface area contributed by atoms with Gasteiger partial charge < -0.3 is 13.9 Å². The number of hydrogen-bond acceptors (Lipinski definition) is 5. The largest absolute Gasteiger partial charge is 0.408 e. The summed E-state index contributed by atoms with van der Waals surface area (Å²) in [5, 5.41) is -0.00813. The number of ether oxygens (including phenoxy) is 2. The Balaban J connectivity index is 2.00. The molecule has 2 aliphatic heterocycles. The first kappa shape index (κ1) is 17.2. The van der Waals surface area contributed by atoms with Crippen molar-refractivity contribution in [2.24, 2.45) is 0 Å². The van der Waals surface area contributed by atoms with Crippen LogP contribution in [-0.2, 0) is 13.9 Å². The standard InChI is InChI=1S/C17H28N2O5Si/c1-7-17-10-22-12(13(17)24-25(5,6)16(2,3)4)14(23-17)19-9-8-11(20)18-15(19)21/h8-9,12-14H,7,10H2,1-6H3,(H,18,20,21)/t12-,13+,14+,17+/m0/s1/i7D/t7-,12-,13+,14+,17+. The average molecular weight is 370 g/mol. The maximum atomic E-state index is 12.2. The smallest absolute Gasteiger partial charge is 0.330 e. The van der Waals surface area contributed by atoms with Crippen molar-refractivity contribution in [2.75, 3.05) is 6.61 Å². The lowest BCUT2D eigenvalue weighted by Gasteiger charge is -2.40. The molecule has 0 spiro atoms. The lowest BCUT2D eigenvalue weighted by molar-refractivity contribution is -0.175. The molecule has 0 amide bonds. The fraction of sp³-hybridized carbons (Fsp3) is 0.765. The maximum Gasteiger partial charge on any atom is 0.330 e. The van der Waals surface area contributed by atoms with Crippen molar-refractivity contribution >= 4 is 8.32 Å². The molecule has 1 aromatic rings. The zero-order chi connectivity index (χ0) is 19.5. The van der Waals surface area contributed by atoms with Crippen molar-refractivity contribution in [3.8, 4) is 0 Å². The molecule has 3 rings (SSSR count). The third-order valence-electron chi connectivity index (χ3n) is 5.74. The van der Waals surface area contributed by atoms with E-state index in [1.165, 1.54) is 16.8 Å². The molecule has 7 nitrogen and oxygen atoms in total. The van der Waals surface area contributed by atoms with Crippen LogP contribution in [0.2, 0.25) is 18.1 Å². The van der Waals surface area contributed by atoms with E-state index < -0.39 is 50.0 Å². The van der Waals surface area contributed by atoms with Gasteiger partial charge in [0.15, 0.2) is 14.5 Å². The number of rotatable bonds is 4. The predicted molar refractivity (Wildman–Crippen MR) is 96.3 cm³/mol. The minimum Gasteiger partial charge on any atom is -0.408 e. The molecule has 0 unspecified atom stereocenters. The third kappa shape index (κ3) is 2.95. The van der Waals surface area contributed by atoms with Gasteiger partial charge in [0.1, 0.15) is 17.8 Å². The first-order valence-electron chi connectivity index (χ1n) is 9.18. The Morgan fingerprint density at radius 2 is 2.16 bits per heavy atom. The van der Waals surface area contributed by atoms with Crippen LogP contribution in [0, 0.1) is 0 Å². The van der Waals surface area contributed by atoms with E-state index in [4.69, 9.17) is 15.3 Å². The summed E-state index contributed by atoms with van der Waals surface area (Å²) >= 11 is 0. The topological polar surface area (TPSA) is 82.6 Å².